The first-order chi connectivity index (χ1) is 10.7. The molecule has 0 spiro atoms. The van der Waals surface area contributed by atoms with Crippen molar-refractivity contribution in [2.75, 3.05) is 52.5 Å². The van der Waals surface area contributed by atoms with Gasteiger partial charge in [0.25, 0.3) is 0 Å². The third kappa shape index (κ3) is 5.57. The predicted molar refractivity (Wildman–Crippen MR) is 87.3 cm³/mol. The number of ether oxygens (including phenoxy) is 1. The predicted octanol–water partition coefficient (Wildman–Crippen LogP) is 0.599. The summed E-state index contributed by atoms with van der Waals surface area (Å²) in [5.41, 5.74) is 1.29. The molecule has 1 saturated heterocycles. The Morgan fingerprint density at radius 1 is 1.09 bits per heavy atom. The van der Waals surface area contributed by atoms with Crippen LogP contribution >= 0.6 is 0 Å². The molecule has 0 unspecified atom stereocenters. The molecule has 0 aliphatic carbocycles. The number of rotatable bonds is 8. The number of aliphatic hydroxyl groups excluding tert-OH is 2. The van der Waals surface area contributed by atoms with E-state index in [0.29, 0.717) is 13.2 Å². The maximum atomic E-state index is 10.1. The van der Waals surface area contributed by atoms with Crippen LogP contribution in [0.25, 0.3) is 0 Å². The first-order valence-electron chi connectivity index (χ1n) is 8.16. The Kier molecular flexibility index (Phi) is 7.12. The van der Waals surface area contributed by atoms with E-state index in [-0.39, 0.29) is 6.61 Å². The molecule has 1 aromatic carbocycles. The molecule has 2 rings (SSSR count). The lowest BCUT2D eigenvalue weighted by molar-refractivity contribution is 0.0428. The number of aliphatic hydroxyl groups is 2. The fraction of sp³-hybridized carbons (Fsp3) is 0.647. The maximum absolute atomic E-state index is 10.1. The largest absolute Gasteiger partial charge is 0.491 e. The van der Waals surface area contributed by atoms with Crippen LogP contribution in [0.3, 0.4) is 0 Å². The molecule has 0 radical (unpaired) electrons. The Labute approximate surface area is 133 Å². The Morgan fingerprint density at radius 2 is 1.73 bits per heavy atom. The summed E-state index contributed by atoms with van der Waals surface area (Å²) in [5, 5.41) is 19.0. The molecule has 1 fully saturated rings. The fourth-order valence-electron chi connectivity index (χ4n) is 2.70. The van der Waals surface area contributed by atoms with Crippen molar-refractivity contribution >= 4 is 0 Å². The molecule has 1 aromatic rings. The zero-order valence-electron chi connectivity index (χ0n) is 13.4. The molecule has 5 nitrogen and oxygen atoms in total. The van der Waals surface area contributed by atoms with E-state index in [2.05, 4.69) is 28.9 Å². The van der Waals surface area contributed by atoms with E-state index in [0.717, 1.165) is 44.9 Å². The minimum atomic E-state index is -0.477. The fourth-order valence-corrected chi connectivity index (χ4v) is 2.70. The van der Waals surface area contributed by atoms with Gasteiger partial charge in [0.15, 0.2) is 0 Å². The van der Waals surface area contributed by atoms with E-state index in [1.807, 2.05) is 12.1 Å². The van der Waals surface area contributed by atoms with Crippen molar-refractivity contribution < 1.29 is 14.9 Å². The van der Waals surface area contributed by atoms with Crippen molar-refractivity contribution in [1.82, 2.24) is 9.80 Å². The van der Waals surface area contributed by atoms with Gasteiger partial charge in [0.1, 0.15) is 18.5 Å². The molecular weight excluding hydrogens is 280 g/mol. The lowest BCUT2D eigenvalue weighted by Crippen LogP contribution is -2.49. The molecule has 0 aromatic heterocycles. The van der Waals surface area contributed by atoms with Gasteiger partial charge in [0.05, 0.1) is 6.61 Å². The molecule has 22 heavy (non-hydrogen) atoms. The molecule has 1 aliphatic heterocycles. The van der Waals surface area contributed by atoms with Crippen molar-refractivity contribution in [2.45, 2.75) is 19.4 Å². The van der Waals surface area contributed by atoms with E-state index in [1.165, 1.54) is 5.56 Å². The van der Waals surface area contributed by atoms with E-state index < -0.39 is 6.10 Å². The van der Waals surface area contributed by atoms with Gasteiger partial charge in [-0.15, -0.1) is 0 Å². The summed E-state index contributed by atoms with van der Waals surface area (Å²) in [4.78, 5) is 4.50. The number of benzene rings is 1. The van der Waals surface area contributed by atoms with E-state index >= 15 is 0 Å². The van der Waals surface area contributed by atoms with Gasteiger partial charge in [-0.3, -0.25) is 9.80 Å². The van der Waals surface area contributed by atoms with Crippen LogP contribution in [0, 0.1) is 0 Å². The molecule has 0 saturated carbocycles. The molecule has 0 amide bonds. The highest BCUT2D eigenvalue weighted by Gasteiger charge is 2.19. The van der Waals surface area contributed by atoms with Crippen molar-refractivity contribution in [3.05, 3.63) is 29.8 Å². The van der Waals surface area contributed by atoms with Gasteiger partial charge in [-0.25, -0.2) is 0 Å². The average Bonchev–Trinajstić information content (AvgIpc) is 2.55. The molecule has 5 heteroatoms. The summed E-state index contributed by atoms with van der Waals surface area (Å²) < 4.78 is 5.65. The summed E-state index contributed by atoms with van der Waals surface area (Å²) >= 11 is 0. The molecule has 2 N–H and O–H groups in total. The second kappa shape index (κ2) is 9.10. The monoisotopic (exact) mass is 308 g/mol. The van der Waals surface area contributed by atoms with Crippen LogP contribution < -0.4 is 4.74 Å². The van der Waals surface area contributed by atoms with Gasteiger partial charge in [-0.05, 0) is 24.1 Å². The molecule has 0 bridgehead atoms. The molecule has 1 aliphatic rings. The van der Waals surface area contributed by atoms with Crippen LogP contribution in [0.5, 0.6) is 5.75 Å². The van der Waals surface area contributed by atoms with E-state index in [4.69, 9.17) is 9.84 Å². The maximum Gasteiger partial charge on any atom is 0.119 e. The quantitative estimate of drug-likeness (QED) is 0.736. The summed E-state index contributed by atoms with van der Waals surface area (Å²) in [5.74, 6) is 0.809. The smallest absolute Gasteiger partial charge is 0.119 e. The minimum absolute atomic E-state index is 0.216. The van der Waals surface area contributed by atoms with Crippen LogP contribution in [0.15, 0.2) is 24.3 Å². The standard InChI is InChI=1S/C17H28N2O3/c1-2-15-3-5-17(6-4-15)22-14-16(21)13-19-9-7-18(8-10-19)11-12-20/h3-6,16,20-21H,2,7-14H2,1H3/t16-/m0/s1. The summed E-state index contributed by atoms with van der Waals surface area (Å²) in [7, 11) is 0. The SMILES string of the molecule is CCc1ccc(OC[C@@H](O)CN2CCN(CCO)CC2)cc1. The number of hydrogen-bond donors (Lipinski definition) is 2. The number of piperazine rings is 1. The average molecular weight is 308 g/mol. The minimum Gasteiger partial charge on any atom is -0.491 e. The first kappa shape index (κ1) is 17.2. The highest BCUT2D eigenvalue weighted by molar-refractivity contribution is 5.27. The van der Waals surface area contributed by atoms with Gasteiger partial charge in [-0.2, -0.15) is 0 Å². The van der Waals surface area contributed by atoms with Gasteiger partial charge >= 0.3 is 0 Å². The Hall–Kier alpha value is -1.14. The lowest BCUT2D eigenvalue weighted by atomic mass is 10.2. The van der Waals surface area contributed by atoms with Gasteiger partial charge in [0, 0.05) is 39.3 Å². The van der Waals surface area contributed by atoms with Crippen molar-refractivity contribution in [2.24, 2.45) is 0 Å². The summed E-state index contributed by atoms with van der Waals surface area (Å²) in [6.07, 6.45) is 0.542. The van der Waals surface area contributed by atoms with Crippen molar-refractivity contribution in [3.8, 4) is 5.75 Å². The van der Waals surface area contributed by atoms with Gasteiger partial charge in [0.2, 0.25) is 0 Å². The van der Waals surface area contributed by atoms with Crippen molar-refractivity contribution in [3.63, 3.8) is 0 Å². The summed E-state index contributed by atoms with van der Waals surface area (Å²) in [6.45, 7) is 7.81. The van der Waals surface area contributed by atoms with Crippen molar-refractivity contribution in [1.29, 1.82) is 0 Å². The lowest BCUT2D eigenvalue weighted by Gasteiger charge is -2.35. The topological polar surface area (TPSA) is 56.2 Å². The van der Waals surface area contributed by atoms with Crippen LogP contribution in [0.1, 0.15) is 12.5 Å². The first-order valence-corrected chi connectivity index (χ1v) is 8.16. The molecule has 1 atom stereocenters. The number of hydrogen-bond acceptors (Lipinski definition) is 5. The van der Waals surface area contributed by atoms with Gasteiger partial charge < -0.3 is 14.9 Å². The third-order valence-electron chi connectivity index (χ3n) is 4.12. The Balaban J connectivity index is 1.66. The van der Waals surface area contributed by atoms with Crippen LogP contribution in [-0.2, 0) is 6.42 Å². The zero-order valence-corrected chi connectivity index (χ0v) is 13.4. The Bertz CT molecular complexity index is 416. The molecule has 124 valence electrons. The number of aryl methyl sites for hydroxylation is 1. The van der Waals surface area contributed by atoms with Crippen LogP contribution in [-0.4, -0.2) is 78.6 Å². The molecule has 1 heterocycles. The summed E-state index contributed by atoms with van der Waals surface area (Å²) in [6, 6.07) is 8.03. The number of nitrogens with zero attached hydrogens (tertiary/aromatic N) is 2. The second-order valence-electron chi connectivity index (χ2n) is 5.83. The third-order valence-corrected chi connectivity index (χ3v) is 4.12. The number of β-amino-alcohol motifs (C(OH)–C–C–N with tert-alkyl or cyclic N) is 2. The zero-order chi connectivity index (χ0) is 15.8. The Morgan fingerprint density at radius 3 is 2.32 bits per heavy atom. The van der Waals surface area contributed by atoms with Crippen LogP contribution in [0.2, 0.25) is 0 Å². The normalized spacial score (nSPS) is 18.3. The van der Waals surface area contributed by atoms with Gasteiger partial charge in [-0.1, -0.05) is 19.1 Å². The second-order valence-corrected chi connectivity index (χ2v) is 5.83. The molecular formula is C17H28N2O3. The van der Waals surface area contributed by atoms with E-state index in [1.54, 1.807) is 0 Å². The highest BCUT2D eigenvalue weighted by atomic mass is 16.5. The van der Waals surface area contributed by atoms with E-state index in [9.17, 15) is 5.11 Å². The highest BCUT2D eigenvalue weighted by Crippen LogP contribution is 2.13. The van der Waals surface area contributed by atoms with Crippen LogP contribution in [0.4, 0.5) is 0 Å².